The Balaban J connectivity index is 1.62. The minimum atomic E-state index is -1.00. The number of hydrogen-bond acceptors (Lipinski definition) is 3. The molecule has 3 rings (SSSR count). The summed E-state index contributed by atoms with van der Waals surface area (Å²) in [6.07, 6.45) is 1.53. The van der Waals surface area contributed by atoms with E-state index in [-0.39, 0.29) is 5.91 Å². The molecule has 1 unspecified atom stereocenters. The Bertz CT molecular complexity index is 832. The Morgan fingerprint density at radius 2 is 1.75 bits per heavy atom. The van der Waals surface area contributed by atoms with Crippen molar-refractivity contribution >= 4 is 22.4 Å². The van der Waals surface area contributed by atoms with Gasteiger partial charge in [0.2, 0.25) is 0 Å². The van der Waals surface area contributed by atoms with Gasteiger partial charge in [0.15, 0.2) is 0 Å². The van der Waals surface area contributed by atoms with Crippen molar-refractivity contribution in [3.8, 4) is 0 Å². The van der Waals surface area contributed by atoms with Crippen LogP contribution in [0.5, 0.6) is 0 Å². The van der Waals surface area contributed by atoms with Gasteiger partial charge in [0.1, 0.15) is 5.69 Å². The van der Waals surface area contributed by atoms with Crippen LogP contribution in [0, 0.1) is 0 Å². The molecule has 0 saturated heterocycles. The van der Waals surface area contributed by atoms with Crippen molar-refractivity contribution < 1.29 is 9.00 Å². The molecular formula is C18H17N3O2S. The third-order valence-electron chi connectivity index (χ3n) is 3.43. The molecule has 24 heavy (non-hydrogen) atoms. The molecule has 1 atom stereocenters. The molecular weight excluding hydrogens is 322 g/mol. The molecule has 1 amide bonds. The second-order valence-corrected chi connectivity index (χ2v) is 6.80. The lowest BCUT2D eigenvalue weighted by molar-refractivity contribution is 0.102. The average molecular weight is 339 g/mol. The van der Waals surface area contributed by atoms with Crippen LogP contribution >= 0.6 is 0 Å². The lowest BCUT2D eigenvalue weighted by atomic mass is 10.2. The van der Waals surface area contributed by atoms with Gasteiger partial charge in [-0.15, -0.1) is 0 Å². The van der Waals surface area contributed by atoms with Gasteiger partial charge in [-0.2, -0.15) is 5.10 Å². The van der Waals surface area contributed by atoms with E-state index in [0.29, 0.717) is 22.9 Å². The van der Waals surface area contributed by atoms with Crippen LogP contribution in [0.15, 0.2) is 66.9 Å². The van der Waals surface area contributed by atoms with Gasteiger partial charge in [-0.1, -0.05) is 42.5 Å². The Morgan fingerprint density at radius 1 is 1.00 bits per heavy atom. The van der Waals surface area contributed by atoms with Gasteiger partial charge in [-0.3, -0.25) is 14.1 Å². The van der Waals surface area contributed by atoms with Crippen LogP contribution in [0.4, 0.5) is 5.69 Å². The maximum Gasteiger partial charge on any atom is 0.273 e. The Hall–Kier alpha value is -2.73. The second kappa shape index (κ2) is 7.70. The third-order valence-corrected chi connectivity index (χ3v) is 4.74. The number of benzene rings is 2. The number of nitrogens with one attached hydrogen (secondary N) is 2. The van der Waals surface area contributed by atoms with Crippen molar-refractivity contribution in [2.45, 2.75) is 11.5 Å². The van der Waals surface area contributed by atoms with E-state index in [1.165, 1.54) is 6.20 Å². The number of anilines is 1. The highest BCUT2D eigenvalue weighted by Gasteiger charge is 2.08. The molecule has 1 heterocycles. The Morgan fingerprint density at radius 3 is 2.50 bits per heavy atom. The summed E-state index contributed by atoms with van der Waals surface area (Å²) in [7, 11) is -1.00. The van der Waals surface area contributed by atoms with Crippen LogP contribution in [0.2, 0.25) is 0 Å². The molecule has 6 heteroatoms. The highest BCUT2D eigenvalue weighted by molar-refractivity contribution is 7.83. The summed E-state index contributed by atoms with van der Waals surface area (Å²) in [6, 6.07) is 18.8. The summed E-state index contributed by atoms with van der Waals surface area (Å²) in [5.74, 6) is 0.712. The van der Waals surface area contributed by atoms with Gasteiger partial charge >= 0.3 is 0 Å². The first-order chi connectivity index (χ1) is 11.7. The van der Waals surface area contributed by atoms with Crippen LogP contribution in [0.1, 0.15) is 21.6 Å². The van der Waals surface area contributed by atoms with Crippen LogP contribution in [0.3, 0.4) is 0 Å². The minimum absolute atomic E-state index is 0.255. The van der Waals surface area contributed by atoms with Gasteiger partial charge in [0.05, 0.1) is 0 Å². The number of carbonyl (C=O) groups is 1. The number of H-pyrrole nitrogens is 1. The topological polar surface area (TPSA) is 74.8 Å². The van der Waals surface area contributed by atoms with E-state index in [9.17, 15) is 9.00 Å². The first-order valence-electron chi connectivity index (χ1n) is 7.49. The molecule has 0 saturated carbocycles. The Kier molecular flexibility index (Phi) is 5.18. The first kappa shape index (κ1) is 16.1. The number of aromatic nitrogens is 2. The van der Waals surface area contributed by atoms with E-state index in [1.54, 1.807) is 12.1 Å². The number of rotatable bonds is 6. The molecule has 3 aromatic rings. The van der Waals surface area contributed by atoms with E-state index in [0.717, 1.165) is 11.1 Å². The van der Waals surface area contributed by atoms with Crippen molar-refractivity contribution in [3.05, 3.63) is 83.7 Å². The fraction of sp³-hybridized carbons (Fsp3) is 0.111. The summed E-state index contributed by atoms with van der Waals surface area (Å²) >= 11 is 0. The summed E-state index contributed by atoms with van der Waals surface area (Å²) in [4.78, 5) is 12.0. The van der Waals surface area contributed by atoms with Crippen molar-refractivity contribution in [1.82, 2.24) is 10.2 Å². The van der Waals surface area contributed by atoms with Gasteiger partial charge in [-0.05, 0) is 29.3 Å². The highest BCUT2D eigenvalue weighted by atomic mass is 32.2. The number of aromatic amines is 1. The zero-order valence-electron chi connectivity index (χ0n) is 12.9. The standard InChI is InChI=1S/C18H17N3O2S/c22-18(17-9-10-19-21-17)20-16-8-4-7-15(11-16)13-24(23)12-14-5-2-1-3-6-14/h1-11H,12-13H2,(H,19,21)(H,20,22). The van der Waals surface area contributed by atoms with E-state index < -0.39 is 10.8 Å². The predicted octanol–water partition coefficient (Wildman–Crippen LogP) is 3.11. The molecule has 0 spiro atoms. The molecule has 0 radical (unpaired) electrons. The van der Waals surface area contributed by atoms with Crippen LogP contribution in [0.25, 0.3) is 0 Å². The van der Waals surface area contributed by atoms with Crippen molar-refractivity contribution in [2.24, 2.45) is 0 Å². The average Bonchev–Trinajstić information content (AvgIpc) is 3.10. The van der Waals surface area contributed by atoms with E-state index in [1.807, 2.05) is 48.5 Å². The maximum atomic E-state index is 12.3. The molecule has 2 N–H and O–H groups in total. The van der Waals surface area contributed by atoms with E-state index >= 15 is 0 Å². The minimum Gasteiger partial charge on any atom is -0.321 e. The van der Waals surface area contributed by atoms with Crippen molar-refractivity contribution in [3.63, 3.8) is 0 Å². The van der Waals surface area contributed by atoms with Gasteiger partial charge in [-0.25, -0.2) is 0 Å². The summed E-state index contributed by atoms with van der Waals surface area (Å²) in [5, 5.41) is 9.17. The monoisotopic (exact) mass is 339 g/mol. The van der Waals surface area contributed by atoms with Crippen LogP contribution < -0.4 is 5.32 Å². The lowest BCUT2D eigenvalue weighted by Crippen LogP contribution is -2.12. The molecule has 0 aliphatic rings. The SMILES string of the molecule is O=C(Nc1cccc(CS(=O)Cc2ccccc2)c1)c1ccn[nH]1. The number of amides is 1. The van der Waals surface area contributed by atoms with E-state index in [2.05, 4.69) is 15.5 Å². The Labute approximate surface area is 142 Å². The predicted molar refractivity (Wildman–Crippen MR) is 95.0 cm³/mol. The summed E-state index contributed by atoms with van der Waals surface area (Å²) < 4.78 is 12.3. The van der Waals surface area contributed by atoms with Gasteiger partial charge < -0.3 is 5.32 Å². The fourth-order valence-corrected chi connectivity index (χ4v) is 3.53. The lowest BCUT2D eigenvalue weighted by Gasteiger charge is -2.07. The normalized spacial score (nSPS) is 11.8. The largest absolute Gasteiger partial charge is 0.321 e. The van der Waals surface area contributed by atoms with Crippen LogP contribution in [-0.4, -0.2) is 20.3 Å². The van der Waals surface area contributed by atoms with Gasteiger partial charge in [0.25, 0.3) is 5.91 Å². The van der Waals surface area contributed by atoms with Gasteiger partial charge in [0, 0.05) is 34.2 Å². The summed E-state index contributed by atoms with van der Waals surface area (Å²) in [6.45, 7) is 0. The number of nitrogens with zero attached hydrogens (tertiary/aromatic N) is 1. The van der Waals surface area contributed by atoms with Crippen molar-refractivity contribution in [1.29, 1.82) is 0 Å². The fourth-order valence-electron chi connectivity index (χ4n) is 2.32. The number of hydrogen-bond donors (Lipinski definition) is 2. The number of carbonyl (C=O) groups excluding carboxylic acids is 1. The maximum absolute atomic E-state index is 12.3. The molecule has 0 aliphatic carbocycles. The zero-order valence-corrected chi connectivity index (χ0v) is 13.8. The molecule has 122 valence electrons. The smallest absolute Gasteiger partial charge is 0.273 e. The van der Waals surface area contributed by atoms with Crippen LogP contribution in [-0.2, 0) is 22.3 Å². The summed E-state index contributed by atoms with van der Waals surface area (Å²) in [5.41, 5.74) is 3.04. The molecule has 0 bridgehead atoms. The molecule has 0 aliphatic heterocycles. The molecule has 2 aromatic carbocycles. The highest BCUT2D eigenvalue weighted by Crippen LogP contribution is 2.15. The third kappa shape index (κ3) is 4.39. The molecule has 0 fully saturated rings. The van der Waals surface area contributed by atoms with E-state index in [4.69, 9.17) is 0 Å². The first-order valence-corrected chi connectivity index (χ1v) is 8.98. The zero-order chi connectivity index (χ0) is 16.8. The molecule has 1 aromatic heterocycles. The second-order valence-electron chi connectivity index (χ2n) is 5.34. The molecule has 5 nitrogen and oxygen atoms in total. The van der Waals surface area contributed by atoms with Crippen molar-refractivity contribution in [2.75, 3.05) is 5.32 Å². The quantitative estimate of drug-likeness (QED) is 0.724.